The van der Waals surface area contributed by atoms with Crippen molar-refractivity contribution < 1.29 is 26.6 Å². The van der Waals surface area contributed by atoms with Gasteiger partial charge in [0.15, 0.2) is 6.10 Å². The van der Waals surface area contributed by atoms with Gasteiger partial charge in [0.05, 0.1) is 10.7 Å². The zero-order chi connectivity index (χ0) is 19.2. The van der Waals surface area contributed by atoms with E-state index in [-0.39, 0.29) is 13.2 Å². The van der Waals surface area contributed by atoms with Gasteiger partial charge in [-0.05, 0) is 36.9 Å². The zero-order valence-corrected chi connectivity index (χ0v) is 8.22. The van der Waals surface area contributed by atoms with Crippen molar-refractivity contribution in [3.63, 3.8) is 0 Å². The molecule has 0 spiro atoms. The van der Waals surface area contributed by atoms with Crippen LogP contribution in [0.15, 0.2) is 18.1 Å². The second-order valence-corrected chi connectivity index (χ2v) is 3.17. The summed E-state index contributed by atoms with van der Waals surface area (Å²) >= 11 is 0. The van der Waals surface area contributed by atoms with Crippen LogP contribution in [0.25, 0.3) is 0 Å². The molecule has 1 aliphatic heterocycles. The summed E-state index contributed by atoms with van der Waals surface area (Å²) in [5.74, 6) is -0.573. The topological polar surface area (TPSA) is 47.6 Å². The second kappa shape index (κ2) is 4.43. The Kier molecular flexibility index (Phi) is 1.18. The largest absolute Gasteiger partial charge is 0.490 e. The number of carbonyl (C=O) groups excluding carboxylic acids is 1. The molecular formula is C12H15NO3. The van der Waals surface area contributed by atoms with Crippen molar-refractivity contribution in [1.82, 2.24) is 5.32 Å². The molecule has 1 aromatic carbocycles. The molecular weight excluding hydrogens is 206 g/mol. The van der Waals surface area contributed by atoms with Gasteiger partial charge in [0.2, 0.25) is 0 Å². The van der Waals surface area contributed by atoms with Crippen LogP contribution in [0.3, 0.4) is 0 Å². The average Bonchev–Trinajstić information content (AvgIpc) is 2.80. The first-order valence-electron chi connectivity index (χ1n) is 9.06. The lowest BCUT2D eigenvalue weighted by atomic mass is 10.1. The highest BCUT2D eigenvalue weighted by atomic mass is 16.6. The minimum Gasteiger partial charge on any atom is -0.490 e. The highest BCUT2D eigenvalue weighted by Gasteiger charge is 2.22. The Labute approximate surface area is 107 Å². The van der Waals surface area contributed by atoms with Crippen LogP contribution < -0.4 is 10.1 Å². The fourth-order valence-electron chi connectivity index (χ4n) is 1.22. The van der Waals surface area contributed by atoms with Crippen LogP contribution in [0.5, 0.6) is 5.75 Å². The molecule has 1 N–H and O–H groups in total. The molecule has 0 radical (unpaired) electrons. The first-order chi connectivity index (χ1) is 11.3. The van der Waals surface area contributed by atoms with Gasteiger partial charge in [-0.1, -0.05) is 6.04 Å². The number of ether oxygens (including phenoxy) is 2. The maximum atomic E-state index is 11.0. The van der Waals surface area contributed by atoms with Gasteiger partial charge in [-0.25, -0.2) is 4.79 Å². The van der Waals surface area contributed by atoms with Crippen molar-refractivity contribution in [2.24, 2.45) is 0 Å². The number of carbonyl (C=O) groups is 1. The number of hydrogen-bond donors (Lipinski definition) is 1. The van der Waals surface area contributed by atoms with E-state index in [1.807, 2.05) is 0 Å². The van der Waals surface area contributed by atoms with Crippen LogP contribution >= 0.6 is 0 Å². The molecule has 1 aliphatic rings. The van der Waals surface area contributed by atoms with Gasteiger partial charge in [0, 0.05) is 8.22 Å². The number of nitrogens with one attached hydrogen (secondary N) is 1. The van der Waals surface area contributed by atoms with E-state index in [0.29, 0.717) is 0 Å². The predicted molar refractivity (Wildman–Crippen MR) is 59.7 cm³/mol. The van der Waals surface area contributed by atoms with E-state index in [1.165, 1.54) is 0 Å². The third-order valence-electron chi connectivity index (χ3n) is 1.89. The maximum Gasteiger partial charge on any atom is 0.407 e. The van der Waals surface area contributed by atoms with Crippen LogP contribution in [0.2, 0.25) is 0 Å². The van der Waals surface area contributed by atoms with E-state index >= 15 is 0 Å². The summed E-state index contributed by atoms with van der Waals surface area (Å²) in [6.07, 6.45) is -1.40. The summed E-state index contributed by atoms with van der Waals surface area (Å²) < 4.78 is 78.6. The minimum absolute atomic E-state index is 0.119. The van der Waals surface area contributed by atoms with Gasteiger partial charge < -0.3 is 14.8 Å². The summed E-state index contributed by atoms with van der Waals surface area (Å²) in [7, 11) is 0. The summed E-state index contributed by atoms with van der Waals surface area (Å²) in [6, 6.07) is -2.39. The summed E-state index contributed by atoms with van der Waals surface area (Å²) in [6.45, 7) is -6.04. The normalized spacial score (nSPS) is 28.9. The Morgan fingerprint density at radius 3 is 2.88 bits per heavy atom. The van der Waals surface area contributed by atoms with Gasteiger partial charge in [0.1, 0.15) is 12.4 Å². The fourth-order valence-corrected chi connectivity index (χ4v) is 1.22. The monoisotopic (exact) mass is 230 g/mol. The highest BCUT2D eigenvalue weighted by Crippen LogP contribution is 2.16. The Morgan fingerprint density at radius 1 is 1.56 bits per heavy atom. The van der Waals surface area contributed by atoms with E-state index in [4.69, 9.17) is 21.8 Å². The smallest absolute Gasteiger partial charge is 0.407 e. The quantitative estimate of drug-likeness (QED) is 0.861. The van der Waals surface area contributed by atoms with E-state index < -0.39 is 60.9 Å². The molecule has 1 aromatic rings. The Bertz CT molecular complexity index is 658. The number of benzene rings is 1. The first-order valence-corrected chi connectivity index (χ1v) is 4.56. The van der Waals surface area contributed by atoms with Gasteiger partial charge in [-0.15, -0.1) is 0 Å². The molecule has 0 bridgehead atoms. The van der Waals surface area contributed by atoms with E-state index in [1.54, 1.807) is 0 Å². The molecule has 0 saturated carbocycles. The van der Waals surface area contributed by atoms with Crippen LogP contribution in [0, 0.1) is 13.7 Å². The van der Waals surface area contributed by atoms with Crippen molar-refractivity contribution in [3.8, 4) is 5.75 Å². The molecule has 1 atom stereocenters. The standard InChI is InChI=1S/C12H15NO3/c1-8-3-9(2)5-10(4-8)15-7-11-6-13-12(14)16-11/h3-5,11H,6-7H2,1-2H3,(H,13,14)/i1D3,2D3,3D,4D,5D. The maximum absolute atomic E-state index is 11.0. The summed E-state index contributed by atoms with van der Waals surface area (Å²) in [5.41, 5.74) is -1.60. The van der Waals surface area contributed by atoms with Gasteiger partial charge in [-0.2, -0.15) is 0 Å². The van der Waals surface area contributed by atoms with E-state index in [2.05, 4.69) is 5.32 Å². The van der Waals surface area contributed by atoms with Crippen LogP contribution in [0.4, 0.5) is 4.79 Å². The molecule has 16 heavy (non-hydrogen) atoms. The lowest BCUT2D eigenvalue weighted by molar-refractivity contribution is 0.105. The van der Waals surface area contributed by atoms with Crippen molar-refractivity contribution in [3.05, 3.63) is 29.3 Å². The Morgan fingerprint density at radius 2 is 2.31 bits per heavy atom. The predicted octanol–water partition coefficient (Wildman–Crippen LogP) is 1.79. The molecule has 1 amide bonds. The van der Waals surface area contributed by atoms with E-state index in [9.17, 15) is 4.79 Å². The average molecular weight is 230 g/mol. The zero-order valence-electron chi connectivity index (χ0n) is 17.2. The second-order valence-electron chi connectivity index (χ2n) is 3.17. The molecule has 1 fully saturated rings. The third kappa shape index (κ3) is 2.66. The van der Waals surface area contributed by atoms with Crippen molar-refractivity contribution >= 4 is 6.09 Å². The molecule has 2 rings (SSSR count). The molecule has 1 unspecified atom stereocenters. The minimum atomic E-state index is -2.93. The Balaban J connectivity index is 2.52. The van der Waals surface area contributed by atoms with Crippen molar-refractivity contribution in [1.29, 1.82) is 0 Å². The Hall–Kier alpha value is -1.71. The van der Waals surface area contributed by atoms with Crippen molar-refractivity contribution in [2.75, 3.05) is 13.2 Å². The van der Waals surface area contributed by atoms with Gasteiger partial charge >= 0.3 is 6.09 Å². The van der Waals surface area contributed by atoms with Crippen LogP contribution in [-0.2, 0) is 4.74 Å². The first kappa shape index (κ1) is 4.28. The molecule has 0 aromatic heterocycles. The number of hydrogen-bond acceptors (Lipinski definition) is 3. The number of rotatable bonds is 3. The molecule has 0 aliphatic carbocycles. The van der Waals surface area contributed by atoms with E-state index in [0.717, 1.165) is 0 Å². The third-order valence-corrected chi connectivity index (χ3v) is 1.89. The fraction of sp³-hybridized carbons (Fsp3) is 0.417. The van der Waals surface area contributed by atoms with Crippen molar-refractivity contribution in [2.45, 2.75) is 19.8 Å². The van der Waals surface area contributed by atoms with Gasteiger partial charge in [0.25, 0.3) is 0 Å². The molecule has 4 heteroatoms. The molecule has 4 nitrogen and oxygen atoms in total. The number of cyclic esters (lactones) is 1. The van der Waals surface area contributed by atoms with Gasteiger partial charge in [-0.3, -0.25) is 0 Å². The molecule has 86 valence electrons. The lowest BCUT2D eigenvalue weighted by Crippen LogP contribution is -2.21. The summed E-state index contributed by atoms with van der Waals surface area (Å²) in [4.78, 5) is 11.0. The van der Waals surface area contributed by atoms with Crippen LogP contribution in [-0.4, -0.2) is 25.3 Å². The number of alkyl carbamates (subject to hydrolysis) is 1. The summed E-state index contributed by atoms with van der Waals surface area (Å²) in [5, 5.41) is 2.37. The van der Waals surface area contributed by atoms with Crippen LogP contribution in [0.1, 0.15) is 23.5 Å². The number of amides is 1. The SMILES string of the molecule is [2H]c1c(OCC2CNC(=O)O2)c([2H])c(C([2H])([2H])[2H])c([2H])c1C([2H])([2H])[2H]. The highest BCUT2D eigenvalue weighted by molar-refractivity contribution is 5.69. The molecule has 1 saturated heterocycles. The molecule has 1 heterocycles. The lowest BCUT2D eigenvalue weighted by Gasteiger charge is -2.11.